The molecule has 0 aliphatic carbocycles. The predicted octanol–water partition coefficient (Wildman–Crippen LogP) is 1.45. The van der Waals surface area contributed by atoms with Crippen LogP contribution in [-0.2, 0) is 4.79 Å². The Labute approximate surface area is 155 Å². The molecule has 0 saturated carbocycles. The van der Waals surface area contributed by atoms with Crippen molar-refractivity contribution in [3.63, 3.8) is 0 Å². The fourth-order valence-electron chi connectivity index (χ4n) is 2.93. The molecule has 1 atom stereocenters. The highest BCUT2D eigenvalue weighted by atomic mass is 32.2. The number of para-hydroxylation sites is 1. The molecule has 3 heterocycles. The maximum absolute atomic E-state index is 12.8. The fraction of sp³-hybridized carbons (Fsp3) is 0.158. The maximum Gasteiger partial charge on any atom is 0.276 e. The average molecular weight is 363 g/mol. The summed E-state index contributed by atoms with van der Waals surface area (Å²) in [6, 6.07) is 13.4. The van der Waals surface area contributed by atoms with Gasteiger partial charge in [-0.2, -0.15) is 0 Å². The molecule has 2 aliphatic rings. The van der Waals surface area contributed by atoms with Gasteiger partial charge in [-0.1, -0.05) is 42.1 Å². The molecule has 0 bridgehead atoms. The fourth-order valence-corrected chi connectivity index (χ4v) is 3.52. The Morgan fingerprint density at radius 2 is 2.12 bits per heavy atom. The molecule has 4 rings (SSSR count). The van der Waals surface area contributed by atoms with E-state index in [0.717, 1.165) is 22.0 Å². The first-order chi connectivity index (χ1) is 12.7. The van der Waals surface area contributed by atoms with Crippen LogP contribution in [0.4, 0.5) is 0 Å². The van der Waals surface area contributed by atoms with Gasteiger partial charge in [0.2, 0.25) is 0 Å². The Morgan fingerprint density at radius 3 is 2.92 bits per heavy atom. The van der Waals surface area contributed by atoms with Crippen molar-refractivity contribution in [1.29, 1.82) is 0 Å². The van der Waals surface area contributed by atoms with Crippen LogP contribution in [0.2, 0.25) is 0 Å². The van der Waals surface area contributed by atoms with Gasteiger partial charge in [-0.25, -0.2) is 5.01 Å². The van der Waals surface area contributed by atoms with Crippen LogP contribution in [0.15, 0.2) is 65.2 Å². The standard InChI is InChI=1S/C19H17N5OS/c1-3-11-26-19-22-18(25)16-13-8-4-5-9-14(13)21-17(24(16)23-19)15-10-6-7-12(2)20-15/h3-10,17H,1,11H2,2H3,(H,22,23,25). The van der Waals surface area contributed by atoms with E-state index in [1.54, 1.807) is 11.1 Å². The lowest BCUT2D eigenvalue weighted by Gasteiger charge is -2.33. The lowest BCUT2D eigenvalue weighted by Crippen LogP contribution is -2.50. The zero-order valence-corrected chi connectivity index (χ0v) is 15.0. The molecule has 1 unspecified atom stereocenters. The summed E-state index contributed by atoms with van der Waals surface area (Å²) < 4.78 is 0. The van der Waals surface area contributed by atoms with Crippen LogP contribution in [0, 0.1) is 6.92 Å². The second-order valence-electron chi connectivity index (χ2n) is 5.88. The van der Waals surface area contributed by atoms with Gasteiger partial charge in [0.05, 0.1) is 11.1 Å². The van der Waals surface area contributed by atoms with E-state index in [1.807, 2.05) is 49.4 Å². The summed E-state index contributed by atoms with van der Waals surface area (Å²) in [5.74, 6) is 0.468. The lowest BCUT2D eigenvalue weighted by atomic mass is 10.1. The molecule has 0 fully saturated rings. The summed E-state index contributed by atoms with van der Waals surface area (Å²) in [7, 11) is 0. The summed E-state index contributed by atoms with van der Waals surface area (Å²) in [5.41, 5.74) is 2.14. The highest BCUT2D eigenvalue weighted by Gasteiger charge is 2.34. The number of pyridine rings is 1. The Bertz CT molecular complexity index is 1050. The van der Waals surface area contributed by atoms with Crippen molar-refractivity contribution < 1.29 is 4.79 Å². The molecule has 1 aromatic carbocycles. The van der Waals surface area contributed by atoms with Gasteiger partial charge in [0.25, 0.3) is 5.91 Å². The molecule has 0 radical (unpaired) electrons. The zero-order chi connectivity index (χ0) is 18.1. The van der Waals surface area contributed by atoms with Crippen LogP contribution in [-0.4, -0.2) is 26.8 Å². The average Bonchev–Trinajstić information content (AvgIpc) is 2.65. The van der Waals surface area contributed by atoms with E-state index in [4.69, 9.17) is 4.99 Å². The number of aryl methyl sites for hydroxylation is 1. The number of thioether (sulfide) groups is 1. The van der Waals surface area contributed by atoms with E-state index in [-0.39, 0.29) is 5.91 Å². The van der Waals surface area contributed by atoms with Gasteiger partial charge in [-0.3, -0.25) is 20.1 Å². The molecule has 0 spiro atoms. The number of benzene rings is 1. The summed E-state index contributed by atoms with van der Waals surface area (Å²) in [6.45, 7) is 5.64. The Balaban J connectivity index is 1.92. The number of rotatable bonds is 3. The highest BCUT2D eigenvalue weighted by Crippen LogP contribution is 2.29. The second kappa shape index (κ2) is 6.76. The first-order valence-electron chi connectivity index (χ1n) is 8.21. The Morgan fingerprint density at radius 1 is 1.27 bits per heavy atom. The number of aromatic nitrogens is 1. The van der Waals surface area contributed by atoms with Crippen molar-refractivity contribution >= 4 is 28.5 Å². The minimum atomic E-state index is -0.481. The number of nitrogens with zero attached hydrogens (tertiary/aromatic N) is 4. The van der Waals surface area contributed by atoms with E-state index >= 15 is 0 Å². The number of hydrogen-bond acceptors (Lipinski definition) is 6. The van der Waals surface area contributed by atoms with Crippen LogP contribution in [0.25, 0.3) is 5.70 Å². The summed E-state index contributed by atoms with van der Waals surface area (Å²) in [5, 5.41) is 11.2. The van der Waals surface area contributed by atoms with Crippen LogP contribution in [0.5, 0.6) is 0 Å². The van der Waals surface area contributed by atoms with Crippen LogP contribution in [0.1, 0.15) is 17.6 Å². The van der Waals surface area contributed by atoms with Crippen molar-refractivity contribution in [2.45, 2.75) is 13.1 Å². The third-order valence-corrected chi connectivity index (χ3v) is 4.89. The van der Waals surface area contributed by atoms with Crippen molar-refractivity contribution in [2.75, 3.05) is 5.75 Å². The van der Waals surface area contributed by atoms with Gasteiger partial charge < -0.3 is 0 Å². The topological polar surface area (TPSA) is 70.0 Å². The molecule has 2 aromatic rings. The number of carbonyl (C=O) groups is 1. The first-order valence-corrected chi connectivity index (χ1v) is 9.19. The molecule has 26 heavy (non-hydrogen) atoms. The quantitative estimate of drug-likeness (QED) is 0.838. The van der Waals surface area contributed by atoms with Gasteiger partial charge in [-0.15, -0.1) is 11.7 Å². The van der Waals surface area contributed by atoms with Crippen molar-refractivity contribution in [3.8, 4) is 0 Å². The molecule has 6 nitrogen and oxygen atoms in total. The number of fused-ring (bicyclic) bond motifs is 2. The molecule has 2 aliphatic heterocycles. The lowest BCUT2D eigenvalue weighted by molar-refractivity contribution is -0.116. The molecular formula is C19H17N5OS. The number of hydrogen-bond donors (Lipinski definition) is 1. The van der Waals surface area contributed by atoms with Crippen molar-refractivity contribution in [2.24, 2.45) is 10.1 Å². The van der Waals surface area contributed by atoms with Gasteiger partial charge in [0, 0.05) is 16.7 Å². The Hall–Kier alpha value is -2.93. The molecular weight excluding hydrogens is 346 g/mol. The molecule has 0 saturated heterocycles. The van der Waals surface area contributed by atoms with E-state index in [9.17, 15) is 4.79 Å². The summed E-state index contributed by atoms with van der Waals surface area (Å²) >= 11 is 1.42. The molecule has 130 valence electrons. The van der Waals surface area contributed by atoms with E-state index in [0.29, 0.717) is 16.6 Å². The number of carbonyl (C=O) groups excluding carboxylic acids is 1. The third kappa shape index (κ3) is 2.90. The second-order valence-corrected chi connectivity index (χ2v) is 6.88. The van der Waals surface area contributed by atoms with Gasteiger partial charge in [0.15, 0.2) is 11.3 Å². The van der Waals surface area contributed by atoms with Gasteiger partial charge in [0.1, 0.15) is 5.70 Å². The largest absolute Gasteiger partial charge is 0.298 e. The minimum Gasteiger partial charge on any atom is -0.298 e. The molecule has 1 amide bonds. The number of nitrogens with one attached hydrogen (secondary N) is 1. The number of amides is 1. The third-order valence-electron chi connectivity index (χ3n) is 4.03. The normalized spacial score (nSPS) is 18.3. The predicted molar refractivity (Wildman–Crippen MR) is 102 cm³/mol. The molecule has 1 aromatic heterocycles. The SMILES string of the molecule is C=CCSC1=NN2C(=c3ccccc3=NC2c2cccc(C)n2)C(=O)N1. The molecule has 1 N–H and O–H groups in total. The van der Waals surface area contributed by atoms with E-state index in [1.165, 1.54) is 11.8 Å². The Kier molecular flexibility index (Phi) is 4.30. The number of amidine groups is 1. The highest BCUT2D eigenvalue weighted by molar-refractivity contribution is 8.14. The van der Waals surface area contributed by atoms with Gasteiger partial charge >= 0.3 is 0 Å². The van der Waals surface area contributed by atoms with Crippen LogP contribution < -0.4 is 15.9 Å². The van der Waals surface area contributed by atoms with E-state index in [2.05, 4.69) is 22.0 Å². The van der Waals surface area contributed by atoms with Crippen molar-refractivity contribution in [3.05, 3.63) is 77.1 Å². The van der Waals surface area contributed by atoms with E-state index < -0.39 is 6.17 Å². The maximum atomic E-state index is 12.8. The summed E-state index contributed by atoms with van der Waals surface area (Å²) in [4.78, 5) is 22.3. The first kappa shape index (κ1) is 16.5. The minimum absolute atomic E-state index is 0.188. The monoisotopic (exact) mass is 363 g/mol. The molecule has 7 heteroatoms. The van der Waals surface area contributed by atoms with Crippen LogP contribution >= 0.6 is 11.8 Å². The smallest absolute Gasteiger partial charge is 0.276 e. The summed E-state index contributed by atoms with van der Waals surface area (Å²) in [6.07, 6.45) is 1.29. The van der Waals surface area contributed by atoms with Crippen molar-refractivity contribution in [1.82, 2.24) is 15.3 Å². The zero-order valence-electron chi connectivity index (χ0n) is 14.2. The number of hydrazone groups is 1. The van der Waals surface area contributed by atoms with Crippen LogP contribution in [0.3, 0.4) is 0 Å². The van der Waals surface area contributed by atoms with Gasteiger partial charge in [-0.05, 0) is 25.1 Å².